The molecule has 6 nitrogen and oxygen atoms in total. The van der Waals surface area contributed by atoms with Gasteiger partial charge in [0.05, 0.1) is 12.2 Å². The molecule has 0 spiro atoms. The first kappa shape index (κ1) is 18.2. The first-order chi connectivity index (χ1) is 12.0. The van der Waals surface area contributed by atoms with Crippen LogP contribution in [0.4, 0.5) is 0 Å². The van der Waals surface area contributed by atoms with E-state index in [9.17, 15) is 14.4 Å². The van der Waals surface area contributed by atoms with Crippen LogP contribution in [-0.4, -0.2) is 30.5 Å². The van der Waals surface area contributed by atoms with Crippen LogP contribution in [0.5, 0.6) is 5.75 Å². The molecule has 0 saturated heterocycles. The first-order valence-corrected chi connectivity index (χ1v) is 7.81. The van der Waals surface area contributed by atoms with Crippen LogP contribution < -0.4 is 10.1 Å². The normalized spacial score (nSPS) is 11.3. The first-order valence-electron chi connectivity index (χ1n) is 7.81. The minimum Gasteiger partial charge on any atom is -0.463 e. The van der Waals surface area contributed by atoms with Crippen LogP contribution in [0.1, 0.15) is 34.6 Å². The lowest BCUT2D eigenvalue weighted by atomic mass is 10.1. The Balaban J connectivity index is 2.15. The Morgan fingerprint density at radius 1 is 0.960 bits per heavy atom. The number of hydrogen-bond acceptors (Lipinski definition) is 5. The molecule has 1 N–H and O–H groups in total. The Morgan fingerprint density at radius 2 is 1.60 bits per heavy atom. The lowest BCUT2D eigenvalue weighted by Gasteiger charge is -2.18. The van der Waals surface area contributed by atoms with E-state index in [1.165, 1.54) is 19.1 Å². The summed E-state index contributed by atoms with van der Waals surface area (Å²) in [6.45, 7) is 3.31. The number of amides is 1. The molecule has 0 aliphatic rings. The number of ketones is 1. The number of Topliss-reactive ketones (excluding diaryl/α,β-unsaturated/α-hetero) is 1. The average Bonchev–Trinajstić information content (AvgIpc) is 2.61. The van der Waals surface area contributed by atoms with Crippen molar-refractivity contribution < 1.29 is 23.9 Å². The summed E-state index contributed by atoms with van der Waals surface area (Å²) in [5.41, 5.74) is 0.795. The van der Waals surface area contributed by atoms with Crippen LogP contribution in [0.25, 0.3) is 0 Å². The minimum absolute atomic E-state index is 0.285. The molecule has 6 heteroatoms. The number of carbonyl (C=O) groups excluding carboxylic acids is 3. The lowest BCUT2D eigenvalue weighted by molar-refractivity contribution is -0.120. The monoisotopic (exact) mass is 341 g/mol. The van der Waals surface area contributed by atoms with Crippen molar-refractivity contribution in [3.8, 4) is 5.75 Å². The zero-order valence-electron chi connectivity index (χ0n) is 14.0. The Labute approximate surface area is 145 Å². The Morgan fingerprint density at radius 3 is 2.16 bits per heavy atom. The quantitative estimate of drug-likeness (QED) is 0.475. The van der Waals surface area contributed by atoms with Gasteiger partial charge in [0.1, 0.15) is 5.75 Å². The summed E-state index contributed by atoms with van der Waals surface area (Å²) in [5.74, 6) is -0.855. The molecule has 0 aliphatic heterocycles. The van der Waals surface area contributed by atoms with Gasteiger partial charge in [-0.15, -0.1) is 0 Å². The van der Waals surface area contributed by atoms with Gasteiger partial charge in [0.2, 0.25) is 17.9 Å². The second-order valence-corrected chi connectivity index (χ2v) is 5.17. The standard InChI is InChI=1S/C19H19NO5/c1-3-24-19(23)15-9-11-16(12-10-15)25-18(20-13(2)21)17(22)14-7-5-4-6-8-14/h4-12,18H,3H2,1-2H3,(H,20,21). The van der Waals surface area contributed by atoms with Crippen LogP contribution in [0.15, 0.2) is 54.6 Å². The molecule has 1 amide bonds. The van der Waals surface area contributed by atoms with E-state index in [4.69, 9.17) is 9.47 Å². The van der Waals surface area contributed by atoms with E-state index in [-0.39, 0.29) is 12.4 Å². The largest absolute Gasteiger partial charge is 0.463 e. The van der Waals surface area contributed by atoms with Crippen LogP contribution >= 0.6 is 0 Å². The number of esters is 1. The van der Waals surface area contributed by atoms with Crippen molar-refractivity contribution in [2.75, 3.05) is 6.61 Å². The fraction of sp³-hybridized carbons (Fsp3) is 0.211. The molecule has 25 heavy (non-hydrogen) atoms. The van der Waals surface area contributed by atoms with Gasteiger partial charge in [0, 0.05) is 12.5 Å². The van der Waals surface area contributed by atoms with E-state index in [1.54, 1.807) is 49.4 Å². The van der Waals surface area contributed by atoms with Crippen LogP contribution in [-0.2, 0) is 9.53 Å². The molecule has 2 aromatic rings. The highest BCUT2D eigenvalue weighted by molar-refractivity contribution is 6.01. The highest BCUT2D eigenvalue weighted by atomic mass is 16.5. The molecule has 0 saturated carbocycles. The smallest absolute Gasteiger partial charge is 0.338 e. The van der Waals surface area contributed by atoms with E-state index in [0.717, 1.165) is 0 Å². The van der Waals surface area contributed by atoms with Gasteiger partial charge in [-0.05, 0) is 31.2 Å². The van der Waals surface area contributed by atoms with Gasteiger partial charge in [-0.2, -0.15) is 0 Å². The number of carbonyl (C=O) groups is 3. The summed E-state index contributed by atoms with van der Waals surface area (Å²) < 4.78 is 10.5. The molecule has 130 valence electrons. The zero-order chi connectivity index (χ0) is 18.2. The molecule has 2 rings (SSSR count). The summed E-state index contributed by atoms with van der Waals surface area (Å²) >= 11 is 0. The van der Waals surface area contributed by atoms with Crippen molar-refractivity contribution >= 4 is 17.7 Å². The SMILES string of the molecule is CCOC(=O)c1ccc(OC(NC(C)=O)C(=O)c2ccccc2)cc1. The van der Waals surface area contributed by atoms with Gasteiger partial charge >= 0.3 is 5.97 Å². The predicted molar refractivity (Wildman–Crippen MR) is 91.4 cm³/mol. The van der Waals surface area contributed by atoms with Gasteiger partial charge < -0.3 is 14.8 Å². The van der Waals surface area contributed by atoms with E-state index in [1.807, 2.05) is 0 Å². The van der Waals surface area contributed by atoms with Crippen molar-refractivity contribution in [3.05, 3.63) is 65.7 Å². The summed E-state index contributed by atoms with van der Waals surface area (Å²) in [4.78, 5) is 35.6. The molecule has 0 fully saturated rings. The van der Waals surface area contributed by atoms with Crippen molar-refractivity contribution in [3.63, 3.8) is 0 Å². The predicted octanol–water partition coefficient (Wildman–Crippen LogP) is 2.59. The maximum absolute atomic E-state index is 12.5. The fourth-order valence-corrected chi connectivity index (χ4v) is 2.11. The third kappa shape index (κ3) is 5.17. The number of hydrogen-bond donors (Lipinski definition) is 1. The van der Waals surface area contributed by atoms with Gasteiger partial charge in [-0.3, -0.25) is 9.59 Å². The minimum atomic E-state index is -1.16. The lowest BCUT2D eigenvalue weighted by Crippen LogP contribution is -2.44. The van der Waals surface area contributed by atoms with E-state index < -0.39 is 18.1 Å². The number of rotatable bonds is 7. The molecule has 0 aliphatic carbocycles. The zero-order valence-corrected chi connectivity index (χ0v) is 14.0. The molecular weight excluding hydrogens is 322 g/mol. The highest BCUT2D eigenvalue weighted by Crippen LogP contribution is 2.16. The fourth-order valence-electron chi connectivity index (χ4n) is 2.11. The van der Waals surface area contributed by atoms with E-state index in [2.05, 4.69) is 5.32 Å². The molecule has 0 heterocycles. The van der Waals surface area contributed by atoms with Crippen molar-refractivity contribution in [2.24, 2.45) is 0 Å². The number of nitrogens with one attached hydrogen (secondary N) is 1. The van der Waals surface area contributed by atoms with Crippen molar-refractivity contribution in [1.29, 1.82) is 0 Å². The Hall–Kier alpha value is -3.15. The molecule has 2 aromatic carbocycles. The molecule has 1 atom stereocenters. The van der Waals surface area contributed by atoms with E-state index in [0.29, 0.717) is 16.9 Å². The van der Waals surface area contributed by atoms with Crippen molar-refractivity contribution in [2.45, 2.75) is 20.1 Å². The topological polar surface area (TPSA) is 81.7 Å². The van der Waals surface area contributed by atoms with Crippen molar-refractivity contribution in [1.82, 2.24) is 5.32 Å². The van der Waals surface area contributed by atoms with Gasteiger partial charge in [-0.1, -0.05) is 30.3 Å². The summed E-state index contributed by atoms with van der Waals surface area (Å²) in [7, 11) is 0. The van der Waals surface area contributed by atoms with Crippen LogP contribution in [0.2, 0.25) is 0 Å². The van der Waals surface area contributed by atoms with Crippen LogP contribution in [0.3, 0.4) is 0 Å². The molecule has 0 aromatic heterocycles. The van der Waals surface area contributed by atoms with Gasteiger partial charge in [0.15, 0.2) is 0 Å². The Bertz CT molecular complexity index is 740. The molecular formula is C19H19NO5. The van der Waals surface area contributed by atoms with Crippen LogP contribution in [0, 0.1) is 0 Å². The average molecular weight is 341 g/mol. The van der Waals surface area contributed by atoms with E-state index >= 15 is 0 Å². The number of ether oxygens (including phenoxy) is 2. The third-order valence-electron chi connectivity index (χ3n) is 3.25. The summed E-state index contributed by atoms with van der Waals surface area (Å²) in [5, 5.41) is 2.48. The van der Waals surface area contributed by atoms with Gasteiger partial charge in [0.25, 0.3) is 0 Å². The molecule has 1 unspecified atom stereocenters. The maximum atomic E-state index is 12.5. The van der Waals surface area contributed by atoms with Gasteiger partial charge in [-0.25, -0.2) is 4.79 Å². The summed E-state index contributed by atoms with van der Waals surface area (Å²) in [6.07, 6.45) is -1.16. The number of benzene rings is 2. The highest BCUT2D eigenvalue weighted by Gasteiger charge is 2.23. The Kier molecular flexibility index (Phi) is 6.28. The molecule has 0 radical (unpaired) electrons. The molecule has 0 bridgehead atoms. The second kappa shape index (κ2) is 8.63. The summed E-state index contributed by atoms with van der Waals surface area (Å²) in [6, 6.07) is 14.7. The third-order valence-corrected chi connectivity index (χ3v) is 3.25. The maximum Gasteiger partial charge on any atom is 0.338 e. The second-order valence-electron chi connectivity index (χ2n) is 5.17.